The van der Waals surface area contributed by atoms with E-state index in [1.165, 1.54) is 7.11 Å². The number of carbonyl (C=O) groups excluding carboxylic acids is 3. The summed E-state index contributed by atoms with van der Waals surface area (Å²) in [7, 11) is 1.47. The topological polar surface area (TPSA) is 106 Å². The van der Waals surface area contributed by atoms with Gasteiger partial charge in [-0.25, -0.2) is 10.2 Å². The fourth-order valence-corrected chi connectivity index (χ4v) is 3.49. The minimum atomic E-state index is -0.940. The highest BCUT2D eigenvalue weighted by atomic mass is 79.9. The smallest absolute Gasteiger partial charge is 0.347 e. The lowest BCUT2D eigenvalue weighted by atomic mass is 10.1. The second kappa shape index (κ2) is 11.2. The van der Waals surface area contributed by atoms with E-state index in [4.69, 9.17) is 9.47 Å². The van der Waals surface area contributed by atoms with Crippen molar-refractivity contribution in [3.8, 4) is 11.5 Å². The van der Waals surface area contributed by atoms with Gasteiger partial charge in [-0.1, -0.05) is 40.2 Å². The van der Waals surface area contributed by atoms with Crippen molar-refractivity contribution in [2.75, 3.05) is 12.4 Å². The molecule has 0 fully saturated rings. The van der Waals surface area contributed by atoms with Gasteiger partial charge in [0.25, 0.3) is 0 Å². The molecule has 3 aromatic carbocycles. The maximum atomic E-state index is 12.7. The number of aryl methyl sites for hydroxylation is 1. The van der Waals surface area contributed by atoms with Gasteiger partial charge in [0.1, 0.15) is 17.1 Å². The summed E-state index contributed by atoms with van der Waals surface area (Å²) in [6.07, 6.45) is 0. The minimum absolute atomic E-state index is 0.240. The van der Waals surface area contributed by atoms with Gasteiger partial charge in [-0.05, 0) is 61.9 Å². The van der Waals surface area contributed by atoms with Crippen LogP contribution in [0.2, 0.25) is 0 Å². The molecule has 174 valence electrons. The third-order valence-electron chi connectivity index (χ3n) is 4.77. The summed E-state index contributed by atoms with van der Waals surface area (Å²) in [5.74, 6) is -1.78. The molecule has 0 heterocycles. The molecule has 8 nitrogen and oxygen atoms in total. The third-order valence-corrected chi connectivity index (χ3v) is 5.27. The van der Waals surface area contributed by atoms with Gasteiger partial charge in [0, 0.05) is 15.7 Å². The Morgan fingerprint density at radius 3 is 2.21 bits per heavy atom. The lowest BCUT2D eigenvalue weighted by Crippen LogP contribution is -2.33. The molecule has 0 aliphatic rings. The number of nitrogens with zero attached hydrogens (tertiary/aromatic N) is 1. The van der Waals surface area contributed by atoms with Crippen LogP contribution in [-0.4, -0.2) is 30.6 Å². The lowest BCUT2D eigenvalue weighted by molar-refractivity contribution is -0.136. The van der Waals surface area contributed by atoms with Crippen molar-refractivity contribution in [3.05, 3.63) is 87.9 Å². The van der Waals surface area contributed by atoms with Gasteiger partial charge in [0.15, 0.2) is 0 Å². The van der Waals surface area contributed by atoms with Crippen LogP contribution in [0.3, 0.4) is 0 Å². The SMILES string of the molecule is COc1ccccc1C(=O)Oc1ccccc1/C(C)=N/NC(=O)C(=O)Nc1ccc(Br)cc1C. The molecule has 3 aromatic rings. The Morgan fingerprint density at radius 1 is 0.882 bits per heavy atom. The number of methoxy groups -OCH3 is 1. The fraction of sp³-hybridized carbons (Fsp3) is 0.120. The maximum Gasteiger partial charge on any atom is 0.347 e. The maximum absolute atomic E-state index is 12.7. The van der Waals surface area contributed by atoms with Gasteiger partial charge < -0.3 is 14.8 Å². The van der Waals surface area contributed by atoms with Crippen LogP contribution < -0.4 is 20.2 Å². The highest BCUT2D eigenvalue weighted by molar-refractivity contribution is 9.10. The number of rotatable bonds is 6. The van der Waals surface area contributed by atoms with Crippen molar-refractivity contribution in [3.63, 3.8) is 0 Å². The van der Waals surface area contributed by atoms with E-state index >= 15 is 0 Å². The van der Waals surface area contributed by atoms with Crippen LogP contribution in [0.5, 0.6) is 11.5 Å². The number of hydrazone groups is 1. The van der Waals surface area contributed by atoms with Crippen LogP contribution in [0.1, 0.15) is 28.4 Å². The van der Waals surface area contributed by atoms with Gasteiger partial charge in [-0.2, -0.15) is 5.10 Å². The Hall–Kier alpha value is -3.98. The number of amides is 2. The van der Waals surface area contributed by atoms with Gasteiger partial charge in [-0.15, -0.1) is 0 Å². The molecule has 0 radical (unpaired) electrons. The molecular formula is C25H22BrN3O5. The van der Waals surface area contributed by atoms with E-state index < -0.39 is 17.8 Å². The van der Waals surface area contributed by atoms with Crippen molar-refractivity contribution in [1.29, 1.82) is 0 Å². The molecule has 0 aromatic heterocycles. The average Bonchev–Trinajstić information content (AvgIpc) is 2.84. The number of para-hydroxylation sites is 2. The number of hydrogen-bond donors (Lipinski definition) is 2. The number of ether oxygens (including phenoxy) is 2. The molecule has 0 unspecified atom stereocenters. The summed E-state index contributed by atoms with van der Waals surface area (Å²) in [6, 6.07) is 18.7. The largest absolute Gasteiger partial charge is 0.496 e. The molecule has 0 aliphatic carbocycles. The van der Waals surface area contributed by atoms with Crippen molar-refractivity contribution >= 4 is 45.1 Å². The van der Waals surface area contributed by atoms with E-state index in [1.54, 1.807) is 67.6 Å². The number of anilines is 1. The van der Waals surface area contributed by atoms with Crippen molar-refractivity contribution in [2.24, 2.45) is 5.10 Å². The van der Waals surface area contributed by atoms with Crippen molar-refractivity contribution in [1.82, 2.24) is 5.43 Å². The first-order valence-corrected chi connectivity index (χ1v) is 11.0. The predicted molar refractivity (Wildman–Crippen MR) is 132 cm³/mol. The van der Waals surface area contributed by atoms with Gasteiger partial charge >= 0.3 is 17.8 Å². The van der Waals surface area contributed by atoms with E-state index in [2.05, 4.69) is 31.8 Å². The number of esters is 1. The Balaban J connectivity index is 1.71. The highest BCUT2D eigenvalue weighted by Gasteiger charge is 2.18. The molecule has 0 aliphatic heterocycles. The minimum Gasteiger partial charge on any atom is -0.496 e. The number of benzene rings is 3. The molecule has 3 rings (SSSR count). The molecule has 0 atom stereocenters. The van der Waals surface area contributed by atoms with E-state index in [9.17, 15) is 14.4 Å². The Morgan fingerprint density at radius 2 is 1.53 bits per heavy atom. The quantitative estimate of drug-likeness (QED) is 0.163. The van der Waals surface area contributed by atoms with Crippen LogP contribution in [0.4, 0.5) is 5.69 Å². The van der Waals surface area contributed by atoms with Crippen molar-refractivity contribution < 1.29 is 23.9 Å². The standard InChI is InChI=1S/C25H22BrN3O5/c1-15-14-17(26)12-13-20(15)27-23(30)24(31)29-28-16(2)18-8-4-7-11-22(18)34-25(32)19-9-5-6-10-21(19)33-3/h4-14H,1-3H3,(H,27,30)(H,29,31)/b28-16+. The summed E-state index contributed by atoms with van der Waals surface area (Å²) in [4.78, 5) is 37.2. The van der Waals surface area contributed by atoms with Crippen molar-refractivity contribution in [2.45, 2.75) is 13.8 Å². The van der Waals surface area contributed by atoms with Crippen LogP contribution in [0, 0.1) is 6.92 Å². The fourth-order valence-electron chi connectivity index (χ4n) is 3.01. The number of hydrogen-bond acceptors (Lipinski definition) is 6. The zero-order chi connectivity index (χ0) is 24.7. The zero-order valence-electron chi connectivity index (χ0n) is 18.7. The molecule has 0 bridgehead atoms. The zero-order valence-corrected chi connectivity index (χ0v) is 20.3. The summed E-state index contributed by atoms with van der Waals surface area (Å²) in [6.45, 7) is 3.43. The molecule has 0 saturated carbocycles. The molecule has 2 amide bonds. The number of nitrogens with one attached hydrogen (secondary N) is 2. The first-order chi connectivity index (χ1) is 16.3. The van der Waals surface area contributed by atoms with Crippen LogP contribution in [-0.2, 0) is 9.59 Å². The summed E-state index contributed by atoms with van der Waals surface area (Å²) in [5, 5.41) is 6.55. The normalized spacial score (nSPS) is 10.9. The van der Waals surface area contributed by atoms with E-state index in [-0.39, 0.29) is 11.3 Å². The van der Waals surface area contributed by atoms with Crippen LogP contribution >= 0.6 is 15.9 Å². The molecule has 9 heteroatoms. The van der Waals surface area contributed by atoms with Gasteiger partial charge in [0.05, 0.1) is 12.8 Å². The lowest BCUT2D eigenvalue weighted by Gasteiger charge is -2.12. The Bertz CT molecular complexity index is 1270. The highest BCUT2D eigenvalue weighted by Crippen LogP contribution is 2.24. The summed E-state index contributed by atoms with van der Waals surface area (Å²) >= 11 is 3.35. The Kier molecular flexibility index (Phi) is 8.15. The molecule has 0 saturated heterocycles. The second-order valence-corrected chi connectivity index (χ2v) is 8.05. The van der Waals surface area contributed by atoms with E-state index in [0.717, 1.165) is 10.0 Å². The van der Waals surface area contributed by atoms with Gasteiger partial charge in [0.2, 0.25) is 0 Å². The van der Waals surface area contributed by atoms with Crippen LogP contribution in [0.15, 0.2) is 76.3 Å². The first-order valence-electron chi connectivity index (χ1n) is 10.2. The third kappa shape index (κ3) is 6.08. The average molecular weight is 524 g/mol. The first kappa shape index (κ1) is 24.7. The van der Waals surface area contributed by atoms with E-state index in [0.29, 0.717) is 22.7 Å². The monoisotopic (exact) mass is 523 g/mol. The molecular weight excluding hydrogens is 502 g/mol. The van der Waals surface area contributed by atoms with Crippen LogP contribution in [0.25, 0.3) is 0 Å². The number of halogens is 1. The molecule has 34 heavy (non-hydrogen) atoms. The Labute approximate surface area is 205 Å². The number of carbonyl (C=O) groups is 3. The predicted octanol–water partition coefficient (Wildman–Crippen LogP) is 4.46. The van der Waals surface area contributed by atoms with Gasteiger partial charge in [-0.3, -0.25) is 9.59 Å². The summed E-state index contributed by atoms with van der Waals surface area (Å²) < 4.78 is 11.6. The second-order valence-electron chi connectivity index (χ2n) is 7.14. The molecule has 0 spiro atoms. The van der Waals surface area contributed by atoms with E-state index in [1.807, 2.05) is 13.0 Å². The summed E-state index contributed by atoms with van der Waals surface area (Å²) in [5.41, 5.74) is 4.61. The molecule has 2 N–H and O–H groups in total.